The summed E-state index contributed by atoms with van der Waals surface area (Å²) < 4.78 is 23.1. The van der Waals surface area contributed by atoms with Gasteiger partial charge in [-0.05, 0) is 68.2 Å². The molecule has 0 radical (unpaired) electrons. The van der Waals surface area contributed by atoms with Gasteiger partial charge in [-0.2, -0.15) is 0 Å². The maximum Gasteiger partial charge on any atom is 0.498 e. The molecule has 2 atom stereocenters. The van der Waals surface area contributed by atoms with Crippen molar-refractivity contribution >= 4 is 24.6 Å². The summed E-state index contributed by atoms with van der Waals surface area (Å²) >= 11 is 0. The molecule has 10 nitrogen and oxygen atoms in total. The Bertz CT molecular complexity index is 886. The number of nitrogens with zero attached hydrogens (tertiary/aromatic N) is 3. The van der Waals surface area contributed by atoms with Gasteiger partial charge in [0.25, 0.3) is 0 Å². The molecular formula is C24H39BN4O6. The second-order valence-electron chi connectivity index (χ2n) is 11.4. The monoisotopic (exact) mass is 490 g/mol. The van der Waals surface area contributed by atoms with Crippen LogP contribution in [-0.2, 0) is 18.8 Å². The van der Waals surface area contributed by atoms with Crippen molar-refractivity contribution in [3.05, 3.63) is 12.4 Å². The summed E-state index contributed by atoms with van der Waals surface area (Å²) in [5, 5.41) is 2.62. The molecule has 0 aliphatic carbocycles. The number of carbonyl (C=O) groups excluding carboxylic acids is 2. The molecule has 0 saturated carbocycles. The lowest BCUT2D eigenvalue weighted by Gasteiger charge is -2.34. The molecule has 1 N–H and O–H groups in total. The molecule has 2 amide bonds. The Morgan fingerprint density at radius 1 is 1.20 bits per heavy atom. The summed E-state index contributed by atoms with van der Waals surface area (Å²) in [6, 6.07) is -0.399. The number of aromatic nitrogens is 2. The van der Waals surface area contributed by atoms with Crippen molar-refractivity contribution in [3.8, 4) is 6.01 Å². The van der Waals surface area contributed by atoms with Crippen LogP contribution >= 0.6 is 0 Å². The number of likely N-dealkylation sites (tertiary alicyclic amines) is 1. The van der Waals surface area contributed by atoms with E-state index < -0.39 is 36.1 Å². The average Bonchev–Trinajstić information content (AvgIpc) is 2.97. The summed E-state index contributed by atoms with van der Waals surface area (Å²) in [7, 11) is -0.525. The van der Waals surface area contributed by atoms with Gasteiger partial charge >= 0.3 is 19.2 Å². The van der Waals surface area contributed by atoms with E-state index in [9.17, 15) is 9.59 Å². The average molecular weight is 490 g/mol. The Labute approximate surface area is 208 Å². The van der Waals surface area contributed by atoms with Crippen LogP contribution in [-0.4, -0.2) is 76.5 Å². The molecule has 194 valence electrons. The lowest BCUT2D eigenvalue weighted by molar-refractivity contribution is -0.135. The van der Waals surface area contributed by atoms with Gasteiger partial charge in [-0.25, -0.2) is 14.8 Å². The molecule has 0 spiro atoms. The van der Waals surface area contributed by atoms with E-state index in [2.05, 4.69) is 15.3 Å². The maximum absolute atomic E-state index is 12.8. The third-order valence-corrected chi connectivity index (χ3v) is 6.56. The molecule has 0 aromatic carbocycles. The molecular weight excluding hydrogens is 451 g/mol. The van der Waals surface area contributed by atoms with E-state index >= 15 is 0 Å². The quantitative estimate of drug-likeness (QED) is 0.605. The first kappa shape index (κ1) is 27.2. The van der Waals surface area contributed by atoms with Crippen LogP contribution in [0, 0.1) is 5.92 Å². The molecule has 2 fully saturated rings. The zero-order chi connectivity index (χ0) is 26.0. The molecule has 1 aromatic heterocycles. The van der Waals surface area contributed by atoms with Gasteiger partial charge in [0.2, 0.25) is 5.91 Å². The van der Waals surface area contributed by atoms with E-state index in [4.69, 9.17) is 18.8 Å². The van der Waals surface area contributed by atoms with Crippen LogP contribution in [0.4, 0.5) is 4.79 Å². The number of piperidine rings is 1. The smallest absolute Gasteiger partial charge is 0.463 e. The molecule has 2 unspecified atom stereocenters. The van der Waals surface area contributed by atoms with Crippen LogP contribution in [0.5, 0.6) is 6.01 Å². The minimum atomic E-state index is -0.671. The molecule has 2 aliphatic rings. The summed E-state index contributed by atoms with van der Waals surface area (Å²) in [6.45, 7) is 16.6. The van der Waals surface area contributed by atoms with Crippen LogP contribution in [0.3, 0.4) is 0 Å². The fraction of sp³-hybridized carbons (Fsp3) is 0.750. The Morgan fingerprint density at radius 3 is 2.37 bits per heavy atom. The van der Waals surface area contributed by atoms with Gasteiger partial charge in [0.1, 0.15) is 11.6 Å². The summed E-state index contributed by atoms with van der Waals surface area (Å²) in [5.41, 5.74) is -0.754. The van der Waals surface area contributed by atoms with Gasteiger partial charge in [-0.15, -0.1) is 0 Å². The highest BCUT2D eigenvalue weighted by Crippen LogP contribution is 2.36. The van der Waals surface area contributed by atoms with Gasteiger partial charge in [-0.3, -0.25) is 4.79 Å². The van der Waals surface area contributed by atoms with Crippen molar-refractivity contribution < 1.29 is 28.4 Å². The predicted molar refractivity (Wildman–Crippen MR) is 131 cm³/mol. The van der Waals surface area contributed by atoms with E-state index in [1.165, 1.54) is 0 Å². The second-order valence-corrected chi connectivity index (χ2v) is 11.4. The van der Waals surface area contributed by atoms with Crippen LogP contribution in [0.2, 0.25) is 0 Å². The molecule has 3 rings (SSSR count). The highest BCUT2D eigenvalue weighted by atomic mass is 16.7. The molecule has 1 aromatic rings. The highest BCUT2D eigenvalue weighted by molar-refractivity contribution is 6.61. The van der Waals surface area contributed by atoms with Crippen molar-refractivity contribution in [1.29, 1.82) is 0 Å². The molecule has 0 bridgehead atoms. The van der Waals surface area contributed by atoms with Gasteiger partial charge in [0.05, 0.1) is 17.8 Å². The first-order valence-electron chi connectivity index (χ1n) is 12.3. The Hall–Kier alpha value is -2.40. The van der Waals surface area contributed by atoms with Crippen molar-refractivity contribution in [2.45, 2.75) is 91.1 Å². The molecule has 11 heteroatoms. The van der Waals surface area contributed by atoms with E-state index in [1.807, 2.05) is 27.7 Å². The van der Waals surface area contributed by atoms with Gasteiger partial charge in [0, 0.05) is 36.9 Å². The van der Waals surface area contributed by atoms with Crippen LogP contribution in [0.15, 0.2) is 12.4 Å². The second kappa shape index (κ2) is 10.3. The minimum Gasteiger partial charge on any atom is -0.463 e. The van der Waals surface area contributed by atoms with Gasteiger partial charge in [0.15, 0.2) is 0 Å². The molecule has 35 heavy (non-hydrogen) atoms. The van der Waals surface area contributed by atoms with E-state index in [0.717, 1.165) is 18.3 Å². The largest absolute Gasteiger partial charge is 0.498 e. The summed E-state index contributed by atoms with van der Waals surface area (Å²) in [4.78, 5) is 35.2. The Morgan fingerprint density at radius 2 is 1.80 bits per heavy atom. The van der Waals surface area contributed by atoms with Crippen LogP contribution in [0.1, 0.15) is 68.2 Å². The summed E-state index contributed by atoms with van der Waals surface area (Å²) in [5.74, 6) is 0.0105. The Kier molecular flexibility index (Phi) is 8.01. The van der Waals surface area contributed by atoms with Crippen molar-refractivity contribution in [3.63, 3.8) is 0 Å². The van der Waals surface area contributed by atoms with Crippen molar-refractivity contribution in [2.24, 2.45) is 5.92 Å². The predicted octanol–water partition coefficient (Wildman–Crippen LogP) is 2.31. The Balaban J connectivity index is 1.48. The number of nitrogens with one attached hydrogen (secondary N) is 1. The molecule has 2 aliphatic heterocycles. The SMILES string of the molecule is CC(NC(=O)OC(C)(C)C)C(=O)N1CCCC(COc2ncc(B3OC(C)(C)C(C)(C)O3)cn2)C1. The summed E-state index contributed by atoms with van der Waals surface area (Å²) in [6.07, 6.45) is 4.51. The lowest BCUT2D eigenvalue weighted by atomic mass is 9.81. The zero-order valence-corrected chi connectivity index (χ0v) is 22.2. The molecule has 2 saturated heterocycles. The minimum absolute atomic E-state index is 0.136. The first-order valence-corrected chi connectivity index (χ1v) is 12.3. The van der Waals surface area contributed by atoms with E-state index in [-0.39, 0.29) is 17.8 Å². The van der Waals surface area contributed by atoms with Crippen molar-refractivity contribution in [1.82, 2.24) is 20.2 Å². The van der Waals surface area contributed by atoms with Crippen LogP contribution in [0.25, 0.3) is 0 Å². The van der Waals surface area contributed by atoms with Crippen molar-refractivity contribution in [2.75, 3.05) is 19.7 Å². The van der Waals surface area contributed by atoms with E-state index in [1.54, 1.807) is 45.0 Å². The topological polar surface area (TPSA) is 112 Å². The number of alkyl carbamates (subject to hydrolysis) is 1. The lowest BCUT2D eigenvalue weighted by Crippen LogP contribution is -2.51. The standard InChI is InChI=1S/C24H39BN4O6/c1-16(28-21(31)33-22(2,3)4)19(30)29-11-9-10-17(14-29)15-32-20-26-12-18(13-27-20)25-34-23(5,6)24(7,8)35-25/h12-13,16-17H,9-11,14-15H2,1-8H3,(H,28,31). The van der Waals surface area contributed by atoms with E-state index in [0.29, 0.717) is 19.7 Å². The zero-order valence-electron chi connectivity index (χ0n) is 22.2. The highest BCUT2D eigenvalue weighted by Gasteiger charge is 2.52. The number of hydrogen-bond acceptors (Lipinski definition) is 8. The number of ether oxygens (including phenoxy) is 2. The number of carbonyl (C=O) groups is 2. The van der Waals surface area contributed by atoms with Gasteiger partial charge < -0.3 is 29.0 Å². The normalized spacial score (nSPS) is 22.5. The number of rotatable bonds is 6. The fourth-order valence-electron chi connectivity index (χ4n) is 3.92. The maximum atomic E-state index is 12.8. The first-order chi connectivity index (χ1) is 16.2. The van der Waals surface area contributed by atoms with Crippen LogP contribution < -0.4 is 15.5 Å². The number of hydrogen-bond donors (Lipinski definition) is 1. The molecule has 3 heterocycles. The third-order valence-electron chi connectivity index (χ3n) is 6.56. The fourth-order valence-corrected chi connectivity index (χ4v) is 3.92. The third kappa shape index (κ3) is 7.07. The van der Waals surface area contributed by atoms with Gasteiger partial charge in [-0.1, -0.05) is 0 Å². The number of amides is 2.